The highest BCUT2D eigenvalue weighted by Crippen LogP contribution is 2.39. The second kappa shape index (κ2) is 4.78. The minimum absolute atomic E-state index is 0.326. The summed E-state index contributed by atoms with van der Waals surface area (Å²) in [5.74, 6) is 1.71. The number of hydrogen-bond donors (Lipinski definition) is 1. The number of thiophene rings is 1. The van der Waals surface area contributed by atoms with Gasteiger partial charge in [-0.25, -0.2) is 9.97 Å². The van der Waals surface area contributed by atoms with Crippen LogP contribution in [0.1, 0.15) is 29.3 Å². The molecule has 7 heteroatoms. The van der Waals surface area contributed by atoms with Crippen molar-refractivity contribution in [3.8, 4) is 11.9 Å². The van der Waals surface area contributed by atoms with E-state index < -0.39 is 0 Å². The largest absolute Gasteiger partial charge is 0.382 e. The molecule has 0 aliphatic heterocycles. The van der Waals surface area contributed by atoms with E-state index in [1.165, 1.54) is 29.4 Å². The van der Waals surface area contributed by atoms with Crippen molar-refractivity contribution in [3.63, 3.8) is 0 Å². The highest BCUT2D eigenvalue weighted by molar-refractivity contribution is 7.18. The molecule has 1 unspecified atom stereocenters. The summed E-state index contributed by atoms with van der Waals surface area (Å²) < 4.78 is 1.55. The third-order valence-corrected chi connectivity index (χ3v) is 5.36. The summed E-state index contributed by atoms with van der Waals surface area (Å²) >= 11 is 1.73. The Balaban J connectivity index is 1.99. The molecule has 0 saturated carbocycles. The Kier molecular flexibility index (Phi) is 2.87. The van der Waals surface area contributed by atoms with Crippen LogP contribution in [0.15, 0.2) is 12.5 Å². The van der Waals surface area contributed by atoms with E-state index in [0.717, 1.165) is 23.1 Å². The number of anilines is 1. The van der Waals surface area contributed by atoms with Crippen molar-refractivity contribution in [1.29, 1.82) is 5.26 Å². The molecule has 1 aliphatic carbocycles. The Bertz CT molecular complexity index is 916. The Hall–Kier alpha value is -2.46. The number of rotatable bonds is 1. The fourth-order valence-corrected chi connectivity index (χ4v) is 4.38. The number of nitriles is 1. The minimum Gasteiger partial charge on any atom is -0.382 e. The lowest BCUT2D eigenvalue weighted by Gasteiger charge is -2.18. The number of aryl methyl sites for hydroxylation is 1. The number of nitrogens with two attached hydrogens (primary N) is 1. The average molecular weight is 310 g/mol. The van der Waals surface area contributed by atoms with E-state index in [4.69, 9.17) is 11.0 Å². The van der Waals surface area contributed by atoms with E-state index in [2.05, 4.69) is 22.0 Å². The van der Waals surface area contributed by atoms with Gasteiger partial charge in [-0.3, -0.25) is 0 Å². The Morgan fingerprint density at radius 2 is 2.32 bits per heavy atom. The summed E-state index contributed by atoms with van der Waals surface area (Å²) in [5, 5.41) is 14.3. The van der Waals surface area contributed by atoms with Crippen molar-refractivity contribution in [2.45, 2.75) is 26.2 Å². The first kappa shape index (κ1) is 13.2. The molecule has 0 fully saturated rings. The fourth-order valence-electron chi connectivity index (χ4n) is 3.03. The number of fused-ring (bicyclic) bond motifs is 3. The number of aromatic nitrogens is 4. The van der Waals surface area contributed by atoms with Crippen molar-refractivity contribution in [2.75, 3.05) is 5.73 Å². The van der Waals surface area contributed by atoms with E-state index in [-0.39, 0.29) is 0 Å². The predicted molar refractivity (Wildman–Crippen MR) is 84.9 cm³/mol. The minimum atomic E-state index is 0.326. The SMILES string of the molecule is CC1CCc2c(sc3ncnc(-n4ncc(C#N)c4N)c23)C1. The van der Waals surface area contributed by atoms with E-state index >= 15 is 0 Å². The molecule has 3 heterocycles. The molecule has 0 amide bonds. The van der Waals surface area contributed by atoms with Crippen LogP contribution in [0.4, 0.5) is 5.82 Å². The van der Waals surface area contributed by atoms with Crippen molar-refractivity contribution in [1.82, 2.24) is 19.7 Å². The zero-order valence-electron chi connectivity index (χ0n) is 12.1. The molecule has 0 spiro atoms. The van der Waals surface area contributed by atoms with Gasteiger partial charge in [0.15, 0.2) is 5.82 Å². The van der Waals surface area contributed by atoms with Crippen LogP contribution in [0.5, 0.6) is 0 Å². The number of nitrogen functional groups attached to an aromatic ring is 1. The molecule has 6 nitrogen and oxygen atoms in total. The average Bonchev–Trinajstić information content (AvgIpc) is 3.06. The molecule has 22 heavy (non-hydrogen) atoms. The van der Waals surface area contributed by atoms with Gasteiger partial charge in [0.2, 0.25) is 0 Å². The lowest BCUT2D eigenvalue weighted by Crippen LogP contribution is -2.10. The maximum atomic E-state index is 9.06. The van der Waals surface area contributed by atoms with Crippen molar-refractivity contribution < 1.29 is 0 Å². The van der Waals surface area contributed by atoms with Crippen molar-refractivity contribution in [2.24, 2.45) is 5.92 Å². The second-order valence-corrected chi connectivity index (χ2v) is 6.78. The first-order chi connectivity index (χ1) is 10.7. The van der Waals surface area contributed by atoms with E-state index in [1.807, 2.05) is 6.07 Å². The molecule has 110 valence electrons. The molecule has 0 aromatic carbocycles. The van der Waals surface area contributed by atoms with Gasteiger partial charge in [-0.2, -0.15) is 15.0 Å². The smallest absolute Gasteiger partial charge is 0.168 e. The molecule has 0 radical (unpaired) electrons. The molecule has 4 rings (SSSR count). The molecule has 0 saturated heterocycles. The Morgan fingerprint density at radius 3 is 3.09 bits per heavy atom. The van der Waals surface area contributed by atoms with Gasteiger partial charge < -0.3 is 5.73 Å². The van der Waals surface area contributed by atoms with Crippen LogP contribution < -0.4 is 5.73 Å². The molecule has 1 aliphatic rings. The second-order valence-electron chi connectivity index (χ2n) is 5.70. The monoisotopic (exact) mass is 310 g/mol. The summed E-state index contributed by atoms with van der Waals surface area (Å²) in [7, 11) is 0. The summed E-state index contributed by atoms with van der Waals surface area (Å²) in [6, 6.07) is 2.05. The zero-order valence-corrected chi connectivity index (χ0v) is 12.9. The van der Waals surface area contributed by atoms with Crippen LogP contribution in [0.25, 0.3) is 16.0 Å². The van der Waals surface area contributed by atoms with Gasteiger partial charge in [0.1, 0.15) is 28.6 Å². The summed E-state index contributed by atoms with van der Waals surface area (Å²) in [6.07, 6.45) is 6.31. The molecule has 2 N–H and O–H groups in total. The lowest BCUT2D eigenvalue weighted by molar-refractivity contribution is 0.509. The zero-order chi connectivity index (χ0) is 15.3. The molecule has 1 atom stereocenters. The van der Waals surface area contributed by atoms with Gasteiger partial charge in [0.25, 0.3) is 0 Å². The predicted octanol–water partition coefficient (Wildman–Crippen LogP) is 2.46. The molecular formula is C15H14N6S. The summed E-state index contributed by atoms with van der Waals surface area (Å²) in [4.78, 5) is 11.2. The molecule has 3 aromatic heterocycles. The maximum Gasteiger partial charge on any atom is 0.168 e. The van der Waals surface area contributed by atoms with Gasteiger partial charge in [0, 0.05) is 4.88 Å². The number of hydrogen-bond acceptors (Lipinski definition) is 6. The molecular weight excluding hydrogens is 296 g/mol. The van der Waals surface area contributed by atoms with Crippen molar-refractivity contribution >= 4 is 27.4 Å². The van der Waals surface area contributed by atoms with Gasteiger partial charge in [-0.15, -0.1) is 11.3 Å². The maximum absolute atomic E-state index is 9.06. The topological polar surface area (TPSA) is 93.4 Å². The van der Waals surface area contributed by atoms with E-state index in [9.17, 15) is 0 Å². The third kappa shape index (κ3) is 1.81. The van der Waals surface area contributed by atoms with Crippen LogP contribution in [-0.4, -0.2) is 19.7 Å². The quantitative estimate of drug-likeness (QED) is 0.745. The van der Waals surface area contributed by atoms with Gasteiger partial charge >= 0.3 is 0 Å². The van der Waals surface area contributed by atoms with Crippen LogP contribution in [-0.2, 0) is 12.8 Å². The van der Waals surface area contributed by atoms with Crippen LogP contribution in [0, 0.1) is 17.2 Å². The summed E-state index contributed by atoms with van der Waals surface area (Å²) in [6.45, 7) is 2.28. The van der Waals surface area contributed by atoms with Crippen molar-refractivity contribution in [3.05, 3.63) is 28.5 Å². The highest BCUT2D eigenvalue weighted by atomic mass is 32.1. The van der Waals surface area contributed by atoms with Gasteiger partial charge in [-0.05, 0) is 30.7 Å². The Morgan fingerprint density at radius 1 is 1.45 bits per heavy atom. The van der Waals surface area contributed by atoms with Crippen LogP contribution in [0.3, 0.4) is 0 Å². The van der Waals surface area contributed by atoms with E-state index in [1.54, 1.807) is 16.0 Å². The highest BCUT2D eigenvalue weighted by Gasteiger charge is 2.24. The van der Waals surface area contributed by atoms with Crippen LogP contribution >= 0.6 is 11.3 Å². The van der Waals surface area contributed by atoms with Crippen LogP contribution in [0.2, 0.25) is 0 Å². The normalized spacial score (nSPS) is 17.4. The molecule has 0 bridgehead atoms. The van der Waals surface area contributed by atoms with E-state index in [0.29, 0.717) is 23.1 Å². The standard InChI is InChI=1S/C15H14N6S/c1-8-2-3-10-11(4-8)22-15-12(10)14(18-7-19-15)21-13(17)9(5-16)6-20-21/h6-8H,2-4,17H2,1H3. The first-order valence-corrected chi connectivity index (χ1v) is 8.00. The Labute approximate surface area is 131 Å². The lowest BCUT2D eigenvalue weighted by atomic mass is 9.89. The van der Waals surface area contributed by atoms with Gasteiger partial charge in [-0.1, -0.05) is 6.92 Å². The molecule has 3 aromatic rings. The fraction of sp³-hybridized carbons (Fsp3) is 0.333. The summed E-state index contributed by atoms with van der Waals surface area (Å²) in [5.41, 5.74) is 7.71. The number of nitrogens with zero attached hydrogens (tertiary/aromatic N) is 5. The third-order valence-electron chi connectivity index (χ3n) is 4.20. The van der Waals surface area contributed by atoms with Gasteiger partial charge in [0.05, 0.1) is 11.6 Å². The first-order valence-electron chi connectivity index (χ1n) is 7.18.